The minimum atomic E-state index is -0.308. The molecule has 0 unspecified atom stereocenters. The number of nitrogens with zero attached hydrogens (tertiary/aromatic N) is 1. The number of rotatable bonds is 9. The van der Waals surface area contributed by atoms with Crippen LogP contribution in [0.15, 0.2) is 12.1 Å². The topological polar surface area (TPSA) is 39.2 Å². The van der Waals surface area contributed by atoms with Gasteiger partial charge in [-0.25, -0.2) is 9.78 Å². The molecule has 1 rings (SSSR count). The van der Waals surface area contributed by atoms with Gasteiger partial charge in [0.25, 0.3) is 0 Å². The molecule has 0 N–H and O–H groups in total. The Labute approximate surface area is 126 Å². The van der Waals surface area contributed by atoms with E-state index in [1.54, 1.807) is 12.1 Å². The first-order valence-corrected chi connectivity index (χ1v) is 7.88. The van der Waals surface area contributed by atoms with Crippen LogP contribution in [0.3, 0.4) is 0 Å². The number of ether oxygens (including phenoxy) is 1. The molecule has 0 aliphatic heterocycles. The van der Waals surface area contributed by atoms with Crippen molar-refractivity contribution < 1.29 is 9.53 Å². The van der Waals surface area contributed by atoms with E-state index in [0.717, 1.165) is 25.0 Å². The zero-order chi connectivity index (χ0) is 14.8. The summed E-state index contributed by atoms with van der Waals surface area (Å²) in [6, 6.07) is 3.31. The van der Waals surface area contributed by atoms with Crippen molar-refractivity contribution in [1.82, 2.24) is 4.98 Å². The Morgan fingerprint density at radius 2 is 1.85 bits per heavy atom. The largest absolute Gasteiger partial charge is 0.462 e. The summed E-state index contributed by atoms with van der Waals surface area (Å²) in [7, 11) is 0. The maximum atomic E-state index is 11.9. The van der Waals surface area contributed by atoms with E-state index >= 15 is 0 Å². The molecule has 0 saturated heterocycles. The summed E-state index contributed by atoms with van der Waals surface area (Å²) in [6.45, 7) is 4.66. The summed E-state index contributed by atoms with van der Waals surface area (Å²) in [6.07, 6.45) is 7.81. The fraction of sp³-hybridized carbons (Fsp3) is 0.625. The highest BCUT2D eigenvalue weighted by atomic mass is 35.5. The van der Waals surface area contributed by atoms with Crippen LogP contribution in [0.4, 0.5) is 0 Å². The molecule has 0 aliphatic carbocycles. The van der Waals surface area contributed by atoms with Crippen molar-refractivity contribution in [2.24, 2.45) is 0 Å². The number of hydrogen-bond acceptors (Lipinski definition) is 3. The third-order valence-corrected chi connectivity index (χ3v) is 3.37. The summed E-state index contributed by atoms with van der Waals surface area (Å²) < 4.78 is 5.26. The van der Waals surface area contributed by atoms with Gasteiger partial charge in [-0.05, 0) is 25.0 Å². The second kappa shape index (κ2) is 9.76. The Morgan fingerprint density at radius 1 is 1.15 bits per heavy atom. The number of aromatic nitrogens is 1. The van der Waals surface area contributed by atoms with Crippen LogP contribution in [0.5, 0.6) is 0 Å². The highest BCUT2D eigenvalue weighted by Crippen LogP contribution is 2.13. The summed E-state index contributed by atoms with van der Waals surface area (Å²) in [4.78, 5) is 16.0. The minimum Gasteiger partial charge on any atom is -0.462 e. The van der Waals surface area contributed by atoms with Gasteiger partial charge < -0.3 is 4.74 Å². The van der Waals surface area contributed by atoms with Crippen molar-refractivity contribution in [3.8, 4) is 0 Å². The minimum absolute atomic E-state index is 0.308. The molecule has 0 spiro atoms. The van der Waals surface area contributed by atoms with E-state index in [1.807, 2.05) is 6.92 Å². The van der Waals surface area contributed by atoms with Crippen molar-refractivity contribution >= 4 is 17.6 Å². The lowest BCUT2D eigenvalue weighted by atomic mass is 10.1. The third kappa shape index (κ3) is 6.38. The third-order valence-electron chi connectivity index (χ3n) is 3.18. The smallest absolute Gasteiger partial charge is 0.338 e. The van der Waals surface area contributed by atoms with Crippen LogP contribution in [0.25, 0.3) is 0 Å². The summed E-state index contributed by atoms with van der Waals surface area (Å²) >= 11 is 5.89. The van der Waals surface area contributed by atoms with Crippen LogP contribution in [-0.2, 0) is 11.2 Å². The highest BCUT2D eigenvalue weighted by molar-refractivity contribution is 6.29. The molecule has 112 valence electrons. The van der Waals surface area contributed by atoms with Gasteiger partial charge in [-0.15, -0.1) is 0 Å². The average Bonchev–Trinajstić information content (AvgIpc) is 2.45. The molecule has 3 nitrogen and oxygen atoms in total. The Morgan fingerprint density at radius 3 is 2.55 bits per heavy atom. The molecule has 4 heteroatoms. The Kier molecular flexibility index (Phi) is 8.28. The van der Waals surface area contributed by atoms with Crippen LogP contribution in [0.1, 0.15) is 68.4 Å². The maximum absolute atomic E-state index is 11.9. The number of esters is 1. The van der Waals surface area contributed by atoms with E-state index < -0.39 is 0 Å². The van der Waals surface area contributed by atoms with E-state index in [-0.39, 0.29) is 5.97 Å². The Hall–Kier alpha value is -1.09. The molecule has 1 aromatic rings. The molecule has 20 heavy (non-hydrogen) atoms. The molecule has 0 aromatic carbocycles. The molecule has 0 aliphatic rings. The SMILES string of the molecule is CCCCCCCCOC(=O)c1cc(Cl)nc(CC)c1. The Balaban J connectivity index is 2.30. The zero-order valence-corrected chi connectivity index (χ0v) is 13.2. The van der Waals surface area contributed by atoms with E-state index in [0.29, 0.717) is 17.3 Å². The second-order valence-corrected chi connectivity index (χ2v) is 5.31. The first-order chi connectivity index (χ1) is 9.67. The van der Waals surface area contributed by atoms with Gasteiger partial charge in [0.2, 0.25) is 0 Å². The molecule has 1 aromatic heterocycles. The van der Waals surface area contributed by atoms with Gasteiger partial charge in [-0.1, -0.05) is 57.6 Å². The first-order valence-electron chi connectivity index (χ1n) is 7.51. The fourth-order valence-corrected chi connectivity index (χ4v) is 2.21. The van der Waals surface area contributed by atoms with Gasteiger partial charge in [0.1, 0.15) is 5.15 Å². The fourth-order valence-electron chi connectivity index (χ4n) is 1.98. The predicted octanol–water partition coefficient (Wildman–Crippen LogP) is 4.81. The second-order valence-electron chi connectivity index (χ2n) is 4.93. The molecular weight excluding hydrogens is 274 g/mol. The van der Waals surface area contributed by atoms with Crippen molar-refractivity contribution in [1.29, 1.82) is 0 Å². The quantitative estimate of drug-likeness (QED) is 0.373. The van der Waals surface area contributed by atoms with Crippen LogP contribution in [0, 0.1) is 0 Å². The van der Waals surface area contributed by atoms with Gasteiger partial charge in [0.15, 0.2) is 0 Å². The van der Waals surface area contributed by atoms with E-state index in [1.165, 1.54) is 25.7 Å². The average molecular weight is 298 g/mol. The van der Waals surface area contributed by atoms with Gasteiger partial charge >= 0.3 is 5.97 Å². The zero-order valence-electron chi connectivity index (χ0n) is 12.5. The highest BCUT2D eigenvalue weighted by Gasteiger charge is 2.10. The number of aryl methyl sites for hydroxylation is 1. The number of pyridine rings is 1. The van der Waals surface area contributed by atoms with Gasteiger partial charge in [0.05, 0.1) is 12.2 Å². The van der Waals surface area contributed by atoms with Crippen LogP contribution in [-0.4, -0.2) is 17.6 Å². The lowest BCUT2D eigenvalue weighted by Crippen LogP contribution is -2.07. The molecule has 1 heterocycles. The molecule has 0 saturated carbocycles. The molecule has 0 amide bonds. The maximum Gasteiger partial charge on any atom is 0.338 e. The van der Waals surface area contributed by atoms with Crippen molar-refractivity contribution in [3.63, 3.8) is 0 Å². The van der Waals surface area contributed by atoms with Crippen molar-refractivity contribution in [2.45, 2.75) is 58.8 Å². The lowest BCUT2D eigenvalue weighted by molar-refractivity contribution is 0.0497. The number of halogens is 1. The van der Waals surface area contributed by atoms with Crippen LogP contribution >= 0.6 is 11.6 Å². The monoisotopic (exact) mass is 297 g/mol. The van der Waals surface area contributed by atoms with E-state index in [4.69, 9.17) is 16.3 Å². The number of carbonyl (C=O) groups is 1. The summed E-state index contributed by atoms with van der Waals surface area (Å²) in [5.41, 5.74) is 1.30. The standard InChI is InChI=1S/C16H24ClNO2/c1-3-5-6-7-8-9-10-20-16(19)13-11-14(4-2)18-15(17)12-13/h11-12H,3-10H2,1-2H3. The Bertz CT molecular complexity index is 421. The lowest BCUT2D eigenvalue weighted by Gasteiger charge is -2.06. The molecule has 0 bridgehead atoms. The first kappa shape index (κ1) is 17.0. The predicted molar refractivity (Wildman–Crippen MR) is 82.3 cm³/mol. The van der Waals surface area contributed by atoms with E-state index in [2.05, 4.69) is 11.9 Å². The summed E-state index contributed by atoms with van der Waals surface area (Å²) in [5, 5.41) is 0.343. The van der Waals surface area contributed by atoms with Gasteiger partial charge in [0, 0.05) is 5.69 Å². The van der Waals surface area contributed by atoms with Gasteiger partial charge in [-0.2, -0.15) is 0 Å². The van der Waals surface area contributed by atoms with Crippen molar-refractivity contribution in [2.75, 3.05) is 6.61 Å². The molecule has 0 atom stereocenters. The van der Waals surface area contributed by atoms with E-state index in [9.17, 15) is 4.79 Å². The van der Waals surface area contributed by atoms with Crippen molar-refractivity contribution in [3.05, 3.63) is 28.5 Å². The molecule has 0 radical (unpaired) electrons. The number of hydrogen-bond donors (Lipinski definition) is 0. The number of unbranched alkanes of at least 4 members (excludes halogenated alkanes) is 5. The molecular formula is C16H24ClNO2. The van der Waals surface area contributed by atoms with Gasteiger partial charge in [-0.3, -0.25) is 0 Å². The van der Waals surface area contributed by atoms with Crippen LogP contribution < -0.4 is 0 Å². The van der Waals surface area contributed by atoms with Crippen LogP contribution in [0.2, 0.25) is 5.15 Å². The molecule has 0 fully saturated rings. The summed E-state index contributed by atoms with van der Waals surface area (Å²) in [5.74, 6) is -0.308. The number of carbonyl (C=O) groups excluding carboxylic acids is 1. The normalized spacial score (nSPS) is 10.6.